The van der Waals surface area contributed by atoms with Gasteiger partial charge in [0.15, 0.2) is 0 Å². The molecular formula is C20H25N3O5. The number of para-hydroxylation sites is 1. The Balaban J connectivity index is 1.51. The number of nitrogens with zero attached hydrogens (tertiary/aromatic N) is 1. The van der Waals surface area contributed by atoms with Crippen molar-refractivity contribution in [2.24, 2.45) is 5.92 Å². The summed E-state index contributed by atoms with van der Waals surface area (Å²) in [6, 6.07) is 6.03. The number of amides is 3. The van der Waals surface area contributed by atoms with Crippen molar-refractivity contribution in [2.45, 2.75) is 38.6 Å². The Morgan fingerprint density at radius 3 is 2.61 bits per heavy atom. The van der Waals surface area contributed by atoms with Gasteiger partial charge >= 0.3 is 5.97 Å². The summed E-state index contributed by atoms with van der Waals surface area (Å²) < 4.78 is 5.04. The summed E-state index contributed by atoms with van der Waals surface area (Å²) in [5.41, 5.74) is 0.880. The summed E-state index contributed by atoms with van der Waals surface area (Å²) >= 11 is 0. The van der Waals surface area contributed by atoms with E-state index in [-0.39, 0.29) is 42.5 Å². The number of ether oxygens (including phenoxy) is 1. The van der Waals surface area contributed by atoms with Gasteiger partial charge in [0.2, 0.25) is 11.8 Å². The van der Waals surface area contributed by atoms with Crippen molar-refractivity contribution in [3.8, 4) is 0 Å². The van der Waals surface area contributed by atoms with Crippen molar-refractivity contribution in [1.82, 2.24) is 10.2 Å². The molecule has 2 aliphatic rings. The highest BCUT2D eigenvalue weighted by Crippen LogP contribution is 2.21. The lowest BCUT2D eigenvalue weighted by atomic mass is 9.96. The predicted molar refractivity (Wildman–Crippen MR) is 101 cm³/mol. The molecule has 1 aromatic carbocycles. The minimum Gasteiger partial charge on any atom is -0.466 e. The topological polar surface area (TPSA) is 105 Å². The van der Waals surface area contributed by atoms with Gasteiger partial charge in [0.1, 0.15) is 6.04 Å². The molecule has 0 saturated carbocycles. The lowest BCUT2D eigenvalue weighted by molar-refractivity contribution is -0.151. The zero-order valence-electron chi connectivity index (χ0n) is 15.9. The molecule has 3 amide bonds. The van der Waals surface area contributed by atoms with E-state index in [9.17, 15) is 19.2 Å². The van der Waals surface area contributed by atoms with Gasteiger partial charge in [-0.15, -0.1) is 0 Å². The number of carbonyl (C=O) groups excluding carboxylic acids is 4. The molecule has 0 unspecified atom stereocenters. The van der Waals surface area contributed by atoms with Crippen LogP contribution in [0.4, 0.5) is 5.69 Å². The molecule has 2 heterocycles. The molecule has 2 N–H and O–H groups in total. The molecular weight excluding hydrogens is 362 g/mol. The third-order valence-electron chi connectivity index (χ3n) is 5.17. The average molecular weight is 387 g/mol. The van der Waals surface area contributed by atoms with Crippen molar-refractivity contribution >= 4 is 29.4 Å². The Hall–Kier alpha value is -2.90. The van der Waals surface area contributed by atoms with Gasteiger partial charge in [0, 0.05) is 19.5 Å². The average Bonchev–Trinajstić information content (AvgIpc) is 2.82. The number of nitrogens with one attached hydrogen (secondary N) is 2. The van der Waals surface area contributed by atoms with Gasteiger partial charge in [0.25, 0.3) is 5.91 Å². The maximum Gasteiger partial charge on any atom is 0.309 e. The fraction of sp³-hybridized carbons (Fsp3) is 0.500. The van der Waals surface area contributed by atoms with E-state index in [1.807, 2.05) is 0 Å². The Kier molecular flexibility index (Phi) is 6.28. The number of fused-ring (bicyclic) bond motifs is 1. The Bertz CT molecular complexity index is 771. The normalized spacial score (nSPS) is 19.9. The van der Waals surface area contributed by atoms with Crippen LogP contribution in [-0.2, 0) is 19.1 Å². The highest BCUT2D eigenvalue weighted by Gasteiger charge is 2.31. The first kappa shape index (κ1) is 19.9. The first-order valence-corrected chi connectivity index (χ1v) is 9.64. The quantitative estimate of drug-likeness (QED) is 0.742. The zero-order chi connectivity index (χ0) is 20.1. The van der Waals surface area contributed by atoms with Gasteiger partial charge in [-0.2, -0.15) is 0 Å². The van der Waals surface area contributed by atoms with Crippen LogP contribution in [-0.4, -0.2) is 54.3 Å². The molecule has 28 heavy (non-hydrogen) atoms. The van der Waals surface area contributed by atoms with Gasteiger partial charge in [-0.3, -0.25) is 19.2 Å². The lowest BCUT2D eigenvalue weighted by Gasteiger charge is -2.31. The van der Waals surface area contributed by atoms with Crippen LogP contribution < -0.4 is 10.6 Å². The molecule has 0 aromatic heterocycles. The molecule has 3 rings (SSSR count). The molecule has 0 spiro atoms. The van der Waals surface area contributed by atoms with Crippen LogP contribution in [0.1, 0.15) is 43.0 Å². The van der Waals surface area contributed by atoms with Crippen LogP contribution in [0.15, 0.2) is 24.3 Å². The van der Waals surface area contributed by atoms with Gasteiger partial charge in [-0.1, -0.05) is 12.1 Å². The number of benzene rings is 1. The summed E-state index contributed by atoms with van der Waals surface area (Å²) in [6.07, 6.45) is 1.54. The summed E-state index contributed by atoms with van der Waals surface area (Å²) in [4.78, 5) is 50.7. The number of piperidine rings is 1. The first-order chi connectivity index (χ1) is 13.5. The highest BCUT2D eigenvalue weighted by molar-refractivity contribution is 6.09. The van der Waals surface area contributed by atoms with Crippen LogP contribution in [0.5, 0.6) is 0 Å². The molecule has 0 bridgehead atoms. The lowest BCUT2D eigenvalue weighted by Crippen LogP contribution is -2.44. The summed E-state index contributed by atoms with van der Waals surface area (Å²) in [5, 5.41) is 5.43. The smallest absolute Gasteiger partial charge is 0.309 e. The van der Waals surface area contributed by atoms with Crippen LogP contribution in [0.2, 0.25) is 0 Å². The fourth-order valence-corrected chi connectivity index (χ4v) is 3.57. The Morgan fingerprint density at radius 2 is 1.89 bits per heavy atom. The van der Waals surface area contributed by atoms with E-state index in [4.69, 9.17) is 4.74 Å². The second-order valence-electron chi connectivity index (χ2n) is 7.01. The van der Waals surface area contributed by atoms with Crippen molar-refractivity contribution in [3.05, 3.63) is 29.8 Å². The third kappa shape index (κ3) is 4.49. The minimum atomic E-state index is -0.763. The largest absolute Gasteiger partial charge is 0.466 e. The van der Waals surface area contributed by atoms with Crippen molar-refractivity contribution in [3.63, 3.8) is 0 Å². The number of esters is 1. The molecule has 8 heteroatoms. The van der Waals surface area contributed by atoms with Gasteiger partial charge in [0.05, 0.1) is 23.8 Å². The maximum absolute atomic E-state index is 12.5. The minimum absolute atomic E-state index is 0.0777. The number of anilines is 1. The number of hydrogen-bond acceptors (Lipinski definition) is 5. The fourth-order valence-electron chi connectivity index (χ4n) is 3.57. The van der Waals surface area contributed by atoms with E-state index in [1.54, 1.807) is 36.1 Å². The molecule has 8 nitrogen and oxygen atoms in total. The number of carbonyl (C=O) groups is 4. The van der Waals surface area contributed by atoms with E-state index >= 15 is 0 Å². The van der Waals surface area contributed by atoms with E-state index in [0.717, 1.165) is 0 Å². The summed E-state index contributed by atoms with van der Waals surface area (Å²) in [7, 11) is 0. The molecule has 1 fully saturated rings. The van der Waals surface area contributed by atoms with Crippen LogP contribution in [0, 0.1) is 5.92 Å². The predicted octanol–water partition coefficient (Wildman–Crippen LogP) is 1.32. The molecule has 0 radical (unpaired) electrons. The maximum atomic E-state index is 12.5. The van der Waals surface area contributed by atoms with Gasteiger partial charge in [-0.05, 0) is 38.3 Å². The second kappa shape index (κ2) is 8.86. The van der Waals surface area contributed by atoms with Crippen LogP contribution >= 0.6 is 0 Å². The SMILES string of the molecule is CCOC(=O)C1CCN(C(=O)CC[C@@H]2NC(=O)c3ccccc3NC2=O)CC1. The van der Waals surface area contributed by atoms with Crippen LogP contribution in [0.3, 0.4) is 0 Å². The van der Waals surface area contributed by atoms with E-state index in [2.05, 4.69) is 10.6 Å². The van der Waals surface area contributed by atoms with Crippen molar-refractivity contribution in [2.75, 3.05) is 25.0 Å². The highest BCUT2D eigenvalue weighted by atomic mass is 16.5. The summed E-state index contributed by atoms with van der Waals surface area (Å²) in [6.45, 7) is 3.13. The van der Waals surface area contributed by atoms with Crippen molar-refractivity contribution < 1.29 is 23.9 Å². The molecule has 1 atom stereocenters. The number of hydrogen-bond donors (Lipinski definition) is 2. The van der Waals surface area contributed by atoms with E-state index in [1.165, 1.54) is 0 Å². The molecule has 150 valence electrons. The standard InChI is InChI=1S/C20H25N3O5/c1-2-28-20(27)13-9-11-23(12-10-13)17(24)8-7-16-19(26)21-15-6-4-3-5-14(15)18(25)22-16/h3-6,13,16H,2,7-12H2,1H3,(H,21,26)(H,22,25)/t16-/m0/s1. The number of rotatable bonds is 5. The molecule has 1 saturated heterocycles. The summed E-state index contributed by atoms with van der Waals surface area (Å²) in [5.74, 6) is -1.10. The second-order valence-corrected chi connectivity index (χ2v) is 7.01. The van der Waals surface area contributed by atoms with Crippen molar-refractivity contribution in [1.29, 1.82) is 0 Å². The van der Waals surface area contributed by atoms with E-state index < -0.39 is 6.04 Å². The van der Waals surface area contributed by atoms with Gasteiger partial charge in [-0.25, -0.2) is 0 Å². The number of likely N-dealkylation sites (tertiary alicyclic amines) is 1. The van der Waals surface area contributed by atoms with Crippen LogP contribution in [0.25, 0.3) is 0 Å². The Morgan fingerprint density at radius 1 is 1.18 bits per heavy atom. The monoisotopic (exact) mass is 387 g/mol. The molecule has 0 aliphatic carbocycles. The third-order valence-corrected chi connectivity index (χ3v) is 5.17. The zero-order valence-corrected chi connectivity index (χ0v) is 15.9. The first-order valence-electron chi connectivity index (χ1n) is 9.64. The molecule has 2 aliphatic heterocycles. The molecule has 1 aromatic rings. The van der Waals surface area contributed by atoms with Gasteiger partial charge < -0.3 is 20.3 Å². The van der Waals surface area contributed by atoms with E-state index in [0.29, 0.717) is 43.8 Å². The Labute approximate surface area is 163 Å².